The molecule has 0 aromatic carbocycles. The van der Waals surface area contributed by atoms with Crippen LogP contribution >= 0.6 is 0 Å². The Morgan fingerprint density at radius 3 is 2.82 bits per heavy atom. The molecule has 0 aliphatic rings. The van der Waals surface area contributed by atoms with Crippen LogP contribution in [0.4, 0.5) is 4.39 Å². The lowest BCUT2D eigenvalue weighted by atomic mass is 10.3. The minimum Gasteiger partial charge on any atom is -0.461 e. The van der Waals surface area contributed by atoms with Gasteiger partial charge in [0.25, 0.3) is 0 Å². The summed E-state index contributed by atoms with van der Waals surface area (Å²) in [7, 11) is 0. The van der Waals surface area contributed by atoms with Crippen LogP contribution in [0.2, 0.25) is 0 Å². The summed E-state index contributed by atoms with van der Waals surface area (Å²) < 4.78 is 16.1. The average Bonchev–Trinajstić information content (AvgIpc) is 2.07. The van der Waals surface area contributed by atoms with Crippen LogP contribution < -0.4 is 4.74 Å². The molecular formula is C7H8FNO2. The minimum absolute atomic E-state index is 0.115. The van der Waals surface area contributed by atoms with E-state index in [1.165, 1.54) is 6.20 Å². The summed E-state index contributed by atoms with van der Waals surface area (Å²) in [4.78, 5) is 3.77. The van der Waals surface area contributed by atoms with Crippen molar-refractivity contribution in [2.24, 2.45) is 0 Å². The molecule has 0 saturated heterocycles. The van der Waals surface area contributed by atoms with E-state index in [2.05, 4.69) is 9.72 Å². The molecule has 3 nitrogen and oxygen atoms in total. The Morgan fingerprint density at radius 1 is 1.55 bits per heavy atom. The van der Waals surface area contributed by atoms with Crippen molar-refractivity contribution in [3.63, 3.8) is 0 Å². The van der Waals surface area contributed by atoms with Gasteiger partial charge in [-0.25, -0.2) is 4.39 Å². The van der Waals surface area contributed by atoms with Crippen LogP contribution in [-0.2, 0) is 6.61 Å². The van der Waals surface area contributed by atoms with E-state index in [-0.39, 0.29) is 6.61 Å². The van der Waals surface area contributed by atoms with E-state index >= 15 is 0 Å². The fourth-order valence-corrected chi connectivity index (χ4v) is 0.653. The first-order valence-electron chi connectivity index (χ1n) is 3.11. The average molecular weight is 157 g/mol. The molecule has 1 rings (SSSR count). The zero-order valence-electron chi connectivity index (χ0n) is 5.83. The molecule has 0 saturated carbocycles. The Morgan fingerprint density at radius 2 is 2.36 bits per heavy atom. The van der Waals surface area contributed by atoms with Gasteiger partial charge in [-0.2, -0.15) is 0 Å². The van der Waals surface area contributed by atoms with Crippen molar-refractivity contribution in [2.75, 3.05) is 6.86 Å². The second-order valence-corrected chi connectivity index (χ2v) is 1.90. The lowest BCUT2D eigenvalue weighted by molar-refractivity contribution is 0.191. The van der Waals surface area contributed by atoms with E-state index in [0.717, 1.165) is 0 Å². The first-order valence-corrected chi connectivity index (χ1v) is 3.11. The molecule has 0 radical (unpaired) electrons. The summed E-state index contributed by atoms with van der Waals surface area (Å²) in [6.07, 6.45) is 1.37. The van der Waals surface area contributed by atoms with Crippen LogP contribution in [0.15, 0.2) is 18.3 Å². The summed E-state index contributed by atoms with van der Waals surface area (Å²) in [6.45, 7) is -0.976. The molecule has 0 spiro atoms. The first-order chi connectivity index (χ1) is 5.36. The third-order valence-corrected chi connectivity index (χ3v) is 1.18. The Bertz CT molecular complexity index is 212. The van der Waals surface area contributed by atoms with Crippen LogP contribution in [0.25, 0.3) is 0 Å². The molecule has 1 aromatic rings. The molecule has 4 heteroatoms. The number of halogens is 1. The Hall–Kier alpha value is -1.16. The van der Waals surface area contributed by atoms with Crippen LogP contribution in [0.5, 0.6) is 5.75 Å². The molecule has 60 valence electrons. The second kappa shape index (κ2) is 3.88. The van der Waals surface area contributed by atoms with Crippen molar-refractivity contribution in [2.45, 2.75) is 6.61 Å². The van der Waals surface area contributed by atoms with Crippen molar-refractivity contribution < 1.29 is 14.2 Å². The van der Waals surface area contributed by atoms with Gasteiger partial charge < -0.3 is 9.84 Å². The summed E-state index contributed by atoms with van der Waals surface area (Å²) in [5.74, 6) is 0.365. The number of aliphatic hydroxyl groups excluding tert-OH is 1. The number of nitrogens with zero attached hydrogens (tertiary/aromatic N) is 1. The fraction of sp³-hybridized carbons (Fsp3) is 0.286. The van der Waals surface area contributed by atoms with Crippen LogP contribution in [-0.4, -0.2) is 17.0 Å². The highest BCUT2D eigenvalue weighted by molar-refractivity contribution is 5.19. The van der Waals surface area contributed by atoms with Gasteiger partial charge in [0.05, 0.1) is 18.5 Å². The van der Waals surface area contributed by atoms with Crippen LogP contribution in [0, 0.1) is 0 Å². The van der Waals surface area contributed by atoms with Gasteiger partial charge in [0.1, 0.15) is 5.75 Å². The Balaban J connectivity index is 2.66. The van der Waals surface area contributed by atoms with E-state index in [0.29, 0.717) is 11.4 Å². The zero-order chi connectivity index (χ0) is 8.10. The van der Waals surface area contributed by atoms with Gasteiger partial charge in [0, 0.05) is 0 Å². The van der Waals surface area contributed by atoms with Gasteiger partial charge in [-0.15, -0.1) is 0 Å². The molecule has 0 aliphatic carbocycles. The SMILES string of the molecule is OCc1ccc(OCF)cn1. The minimum atomic E-state index is -0.861. The maximum atomic E-state index is 11.6. The monoisotopic (exact) mass is 157 g/mol. The van der Waals surface area contributed by atoms with Crippen molar-refractivity contribution in [1.29, 1.82) is 0 Å². The summed E-state index contributed by atoms with van der Waals surface area (Å²) in [5.41, 5.74) is 0.538. The lowest BCUT2D eigenvalue weighted by Gasteiger charge is -1.99. The van der Waals surface area contributed by atoms with Gasteiger partial charge in [-0.05, 0) is 12.1 Å². The highest BCUT2D eigenvalue weighted by Crippen LogP contribution is 2.08. The number of aromatic nitrogens is 1. The number of hydrogen-bond acceptors (Lipinski definition) is 3. The lowest BCUT2D eigenvalue weighted by Crippen LogP contribution is -1.92. The van der Waals surface area contributed by atoms with Crippen molar-refractivity contribution in [1.82, 2.24) is 4.98 Å². The highest BCUT2D eigenvalue weighted by Gasteiger charge is 1.93. The number of hydrogen-bond donors (Lipinski definition) is 1. The van der Waals surface area contributed by atoms with Crippen molar-refractivity contribution >= 4 is 0 Å². The number of ether oxygens (including phenoxy) is 1. The van der Waals surface area contributed by atoms with Crippen LogP contribution in [0.3, 0.4) is 0 Å². The molecule has 1 aromatic heterocycles. The van der Waals surface area contributed by atoms with Gasteiger partial charge in [0.2, 0.25) is 6.86 Å². The maximum Gasteiger partial charge on any atom is 0.228 e. The quantitative estimate of drug-likeness (QED) is 0.708. The number of alkyl halides is 1. The zero-order valence-corrected chi connectivity index (χ0v) is 5.83. The van der Waals surface area contributed by atoms with Crippen LogP contribution in [0.1, 0.15) is 5.69 Å². The molecule has 0 aliphatic heterocycles. The molecule has 0 fully saturated rings. The summed E-state index contributed by atoms with van der Waals surface area (Å²) in [5, 5.41) is 8.58. The van der Waals surface area contributed by atoms with Crippen molar-refractivity contribution in [3.8, 4) is 5.75 Å². The molecular weight excluding hydrogens is 149 g/mol. The number of pyridine rings is 1. The summed E-state index contributed by atoms with van der Waals surface area (Å²) in [6, 6.07) is 3.13. The normalized spacial score (nSPS) is 9.64. The predicted molar refractivity (Wildman–Crippen MR) is 36.8 cm³/mol. The first kappa shape index (κ1) is 7.94. The molecule has 1 heterocycles. The molecule has 1 N–H and O–H groups in total. The Kier molecular flexibility index (Phi) is 2.80. The summed E-state index contributed by atoms with van der Waals surface area (Å²) >= 11 is 0. The predicted octanol–water partition coefficient (Wildman–Crippen LogP) is 0.880. The second-order valence-electron chi connectivity index (χ2n) is 1.90. The topological polar surface area (TPSA) is 42.4 Å². The van der Waals surface area contributed by atoms with Gasteiger partial charge >= 0.3 is 0 Å². The highest BCUT2D eigenvalue weighted by atomic mass is 19.1. The van der Waals surface area contributed by atoms with E-state index in [1.54, 1.807) is 12.1 Å². The molecule has 0 bridgehead atoms. The number of rotatable bonds is 3. The largest absolute Gasteiger partial charge is 0.461 e. The van der Waals surface area contributed by atoms with E-state index < -0.39 is 6.86 Å². The molecule has 0 unspecified atom stereocenters. The van der Waals surface area contributed by atoms with E-state index in [4.69, 9.17) is 5.11 Å². The van der Waals surface area contributed by atoms with Gasteiger partial charge in [-0.3, -0.25) is 4.98 Å². The number of aliphatic hydroxyl groups is 1. The maximum absolute atomic E-state index is 11.6. The molecule has 11 heavy (non-hydrogen) atoms. The Labute approximate surface area is 63.5 Å². The van der Waals surface area contributed by atoms with E-state index in [9.17, 15) is 4.39 Å². The van der Waals surface area contributed by atoms with Crippen molar-refractivity contribution in [3.05, 3.63) is 24.0 Å². The van der Waals surface area contributed by atoms with E-state index in [1.807, 2.05) is 0 Å². The van der Waals surface area contributed by atoms with Gasteiger partial charge in [-0.1, -0.05) is 0 Å². The third-order valence-electron chi connectivity index (χ3n) is 1.18. The van der Waals surface area contributed by atoms with Gasteiger partial charge in [0.15, 0.2) is 0 Å². The standard InChI is InChI=1S/C7H8FNO2/c8-5-11-7-2-1-6(4-10)9-3-7/h1-3,10H,4-5H2. The smallest absolute Gasteiger partial charge is 0.228 e. The molecule has 0 amide bonds. The fourth-order valence-electron chi connectivity index (χ4n) is 0.653. The third kappa shape index (κ3) is 2.16. The molecule has 0 atom stereocenters.